The summed E-state index contributed by atoms with van der Waals surface area (Å²) in [4.78, 5) is 12.7. The molecule has 0 heterocycles. The van der Waals surface area contributed by atoms with Gasteiger partial charge in [-0.1, -0.05) is 43.3 Å². The molecule has 2 unspecified atom stereocenters. The maximum atomic E-state index is 13.2. The molecule has 0 radical (unpaired) electrons. The highest BCUT2D eigenvalue weighted by atomic mass is 32.2. The Hall–Kier alpha value is -1.81. The molecule has 0 fully saturated rings. The Morgan fingerprint density at radius 3 is 2.45 bits per heavy atom. The predicted molar refractivity (Wildman–Crippen MR) is 77.7 cm³/mol. The van der Waals surface area contributed by atoms with Gasteiger partial charge in [-0.05, 0) is 24.6 Å². The first-order chi connectivity index (χ1) is 9.63. The van der Waals surface area contributed by atoms with Gasteiger partial charge in [0.05, 0.1) is 10.8 Å². The minimum absolute atomic E-state index is 0.171. The third kappa shape index (κ3) is 3.20. The third-order valence-corrected chi connectivity index (χ3v) is 4.79. The molecule has 0 amide bonds. The molecule has 0 aromatic heterocycles. The monoisotopic (exact) mass is 290 g/mol. The van der Waals surface area contributed by atoms with Crippen LogP contribution in [-0.2, 0) is 10.8 Å². The summed E-state index contributed by atoms with van der Waals surface area (Å²) < 4.78 is 25.7. The van der Waals surface area contributed by atoms with Crippen LogP contribution in [0.5, 0.6) is 0 Å². The number of ketones is 1. The maximum absolute atomic E-state index is 13.2. The largest absolute Gasteiger partial charge is 0.293 e. The molecule has 0 bridgehead atoms. The Morgan fingerprint density at radius 2 is 1.85 bits per heavy atom. The summed E-state index contributed by atoms with van der Waals surface area (Å²) in [5.41, 5.74) is 0.532. The summed E-state index contributed by atoms with van der Waals surface area (Å²) in [6.45, 7) is 1.81. The van der Waals surface area contributed by atoms with Crippen molar-refractivity contribution >= 4 is 16.6 Å². The molecule has 2 nitrogen and oxygen atoms in total. The van der Waals surface area contributed by atoms with Gasteiger partial charge < -0.3 is 0 Å². The van der Waals surface area contributed by atoms with Crippen LogP contribution in [0.1, 0.15) is 23.7 Å². The predicted octanol–water partition coefficient (Wildman–Crippen LogP) is 3.59. The molecule has 0 aliphatic carbocycles. The van der Waals surface area contributed by atoms with Crippen molar-refractivity contribution in [2.45, 2.75) is 23.5 Å². The molecule has 2 rings (SSSR count). The Kier molecular flexibility index (Phi) is 4.79. The highest BCUT2D eigenvalue weighted by Gasteiger charge is 2.25. The van der Waals surface area contributed by atoms with E-state index in [9.17, 15) is 13.4 Å². The number of Topliss-reactive ketones (excluding diaryl/α,β-unsaturated/α-hetero) is 1. The average Bonchev–Trinajstić information content (AvgIpc) is 2.48. The quantitative estimate of drug-likeness (QED) is 0.789. The van der Waals surface area contributed by atoms with Crippen LogP contribution in [0.2, 0.25) is 0 Å². The first-order valence-corrected chi connectivity index (χ1v) is 7.60. The second kappa shape index (κ2) is 6.57. The molecular formula is C16H15FO2S. The van der Waals surface area contributed by atoms with Gasteiger partial charge >= 0.3 is 0 Å². The number of hydrogen-bond acceptors (Lipinski definition) is 2. The molecule has 0 aliphatic rings. The lowest BCUT2D eigenvalue weighted by atomic mass is 10.1. The average molecular weight is 290 g/mol. The molecule has 0 saturated carbocycles. The molecule has 4 heteroatoms. The Bertz CT molecular complexity index is 625. The maximum Gasteiger partial charge on any atom is 0.178 e. The van der Waals surface area contributed by atoms with E-state index in [1.54, 1.807) is 30.3 Å². The summed E-state index contributed by atoms with van der Waals surface area (Å²) in [6.07, 6.45) is 0.441. The smallest absolute Gasteiger partial charge is 0.178 e. The van der Waals surface area contributed by atoms with E-state index in [1.807, 2.05) is 13.0 Å². The SMILES string of the molecule is CCC(C(=O)c1ccccc1)S(=O)c1cccc(F)c1. The fourth-order valence-corrected chi connectivity index (χ4v) is 3.38. The summed E-state index contributed by atoms with van der Waals surface area (Å²) >= 11 is 0. The van der Waals surface area contributed by atoms with Crippen LogP contribution in [-0.4, -0.2) is 15.2 Å². The van der Waals surface area contributed by atoms with Crippen LogP contribution in [0.4, 0.5) is 4.39 Å². The van der Waals surface area contributed by atoms with E-state index in [2.05, 4.69) is 0 Å². The second-order valence-electron chi connectivity index (χ2n) is 4.38. The normalized spacial score (nSPS) is 13.7. The summed E-state index contributed by atoms with van der Waals surface area (Å²) in [7, 11) is -1.55. The van der Waals surface area contributed by atoms with E-state index >= 15 is 0 Å². The van der Waals surface area contributed by atoms with Gasteiger partial charge in [0, 0.05) is 10.5 Å². The second-order valence-corrected chi connectivity index (χ2v) is 6.02. The summed E-state index contributed by atoms with van der Waals surface area (Å²) in [5.74, 6) is -0.617. The third-order valence-electron chi connectivity index (χ3n) is 3.01. The van der Waals surface area contributed by atoms with Gasteiger partial charge in [0.2, 0.25) is 0 Å². The molecule has 2 aromatic carbocycles. The lowest BCUT2D eigenvalue weighted by Crippen LogP contribution is -2.25. The van der Waals surface area contributed by atoms with E-state index < -0.39 is 21.9 Å². The first kappa shape index (κ1) is 14.6. The number of halogens is 1. The van der Waals surface area contributed by atoms with Crippen LogP contribution in [0.25, 0.3) is 0 Å². The highest BCUT2D eigenvalue weighted by Crippen LogP contribution is 2.18. The van der Waals surface area contributed by atoms with Crippen molar-refractivity contribution in [1.82, 2.24) is 0 Å². The lowest BCUT2D eigenvalue weighted by molar-refractivity contribution is 0.0986. The molecule has 0 saturated heterocycles. The first-order valence-electron chi connectivity index (χ1n) is 6.39. The zero-order valence-corrected chi connectivity index (χ0v) is 11.9. The van der Waals surface area contributed by atoms with Crippen LogP contribution >= 0.6 is 0 Å². The van der Waals surface area contributed by atoms with Crippen LogP contribution in [0, 0.1) is 5.82 Å². The van der Waals surface area contributed by atoms with E-state index in [0.717, 1.165) is 0 Å². The minimum Gasteiger partial charge on any atom is -0.293 e. The van der Waals surface area contributed by atoms with Crippen LogP contribution < -0.4 is 0 Å². The van der Waals surface area contributed by atoms with E-state index in [1.165, 1.54) is 18.2 Å². The molecule has 0 spiro atoms. The summed E-state index contributed by atoms with van der Waals surface area (Å²) in [5, 5.41) is -0.654. The van der Waals surface area contributed by atoms with Crippen LogP contribution in [0.15, 0.2) is 59.5 Å². The number of carbonyl (C=O) groups is 1. The van der Waals surface area contributed by atoms with Gasteiger partial charge in [0.1, 0.15) is 11.1 Å². The van der Waals surface area contributed by atoms with Crippen molar-refractivity contribution in [3.8, 4) is 0 Å². The topological polar surface area (TPSA) is 34.1 Å². The molecule has 2 atom stereocenters. The fraction of sp³-hybridized carbons (Fsp3) is 0.188. The number of benzene rings is 2. The zero-order chi connectivity index (χ0) is 14.5. The zero-order valence-electron chi connectivity index (χ0n) is 11.1. The molecule has 0 aliphatic heterocycles. The number of carbonyl (C=O) groups excluding carboxylic acids is 1. The van der Waals surface area contributed by atoms with Crippen molar-refractivity contribution in [2.24, 2.45) is 0 Å². The van der Waals surface area contributed by atoms with E-state index in [0.29, 0.717) is 16.9 Å². The van der Waals surface area contributed by atoms with Gasteiger partial charge in [-0.15, -0.1) is 0 Å². The highest BCUT2D eigenvalue weighted by molar-refractivity contribution is 7.86. The number of hydrogen-bond donors (Lipinski definition) is 0. The van der Waals surface area contributed by atoms with Crippen LogP contribution in [0.3, 0.4) is 0 Å². The van der Waals surface area contributed by atoms with Gasteiger partial charge in [-0.25, -0.2) is 4.39 Å². The molecule has 2 aromatic rings. The molecule has 104 valence electrons. The van der Waals surface area contributed by atoms with Gasteiger partial charge in [-0.3, -0.25) is 9.00 Å². The fourth-order valence-electron chi connectivity index (χ4n) is 1.98. The van der Waals surface area contributed by atoms with Crippen molar-refractivity contribution in [1.29, 1.82) is 0 Å². The summed E-state index contributed by atoms with van der Waals surface area (Å²) in [6, 6.07) is 14.4. The van der Waals surface area contributed by atoms with Crippen molar-refractivity contribution in [3.05, 3.63) is 66.0 Å². The standard InChI is InChI=1S/C16H15FO2S/c1-2-15(16(18)12-7-4-3-5-8-12)20(19)14-10-6-9-13(17)11-14/h3-11,15H,2H2,1H3. The van der Waals surface area contributed by atoms with E-state index in [-0.39, 0.29) is 5.78 Å². The Labute approximate surface area is 120 Å². The molecular weight excluding hydrogens is 275 g/mol. The van der Waals surface area contributed by atoms with Gasteiger partial charge in [0.25, 0.3) is 0 Å². The lowest BCUT2D eigenvalue weighted by Gasteiger charge is -2.13. The minimum atomic E-state index is -1.55. The van der Waals surface area contributed by atoms with E-state index in [4.69, 9.17) is 0 Å². The number of rotatable bonds is 5. The molecule has 20 heavy (non-hydrogen) atoms. The molecule has 0 N–H and O–H groups in total. The van der Waals surface area contributed by atoms with Crippen molar-refractivity contribution in [2.75, 3.05) is 0 Å². The Morgan fingerprint density at radius 1 is 1.15 bits per heavy atom. The van der Waals surface area contributed by atoms with Crippen molar-refractivity contribution < 1.29 is 13.4 Å². The van der Waals surface area contributed by atoms with Crippen molar-refractivity contribution in [3.63, 3.8) is 0 Å². The Balaban J connectivity index is 2.29. The van der Waals surface area contributed by atoms with Gasteiger partial charge in [-0.2, -0.15) is 0 Å². The van der Waals surface area contributed by atoms with Gasteiger partial charge in [0.15, 0.2) is 5.78 Å².